The molecule has 26 heavy (non-hydrogen) atoms. The largest absolute Gasteiger partial charge is 0.390 e. The molecule has 2 aliphatic heterocycles. The number of carbonyl (C=O) groups excluding carboxylic acids is 1. The topological polar surface area (TPSA) is 50.3 Å². The summed E-state index contributed by atoms with van der Waals surface area (Å²) in [5.41, 5.74) is 2.34. The third kappa shape index (κ3) is 4.55. The second-order valence-corrected chi connectivity index (χ2v) is 7.83. The first-order valence-electron chi connectivity index (χ1n) is 9.59. The number of anilines is 1. The standard InChI is InChI=1S/C20H32N4O2/c1-21(2)17-7-4-16(5-8-17)6-9-20(26)24-14-18(19(25)15-24)23-12-10-22(3)11-13-23/h4-5,7-8,18-19,25H,6,9-15H2,1-3H3. The summed E-state index contributed by atoms with van der Waals surface area (Å²) in [4.78, 5) is 21.2. The lowest BCUT2D eigenvalue weighted by Crippen LogP contribution is -2.52. The van der Waals surface area contributed by atoms with Crippen molar-refractivity contribution in [1.29, 1.82) is 0 Å². The molecule has 0 bridgehead atoms. The van der Waals surface area contributed by atoms with E-state index in [2.05, 4.69) is 46.0 Å². The van der Waals surface area contributed by atoms with E-state index in [1.165, 1.54) is 5.56 Å². The van der Waals surface area contributed by atoms with Crippen LogP contribution in [0.5, 0.6) is 0 Å². The molecule has 0 aromatic heterocycles. The van der Waals surface area contributed by atoms with Gasteiger partial charge in [-0.05, 0) is 31.2 Å². The summed E-state index contributed by atoms with van der Waals surface area (Å²) in [5.74, 6) is 0.150. The minimum absolute atomic E-state index is 0.0898. The van der Waals surface area contributed by atoms with E-state index in [4.69, 9.17) is 0 Å². The molecular formula is C20H32N4O2. The molecular weight excluding hydrogens is 328 g/mol. The van der Waals surface area contributed by atoms with Crippen LogP contribution in [0.25, 0.3) is 0 Å². The number of rotatable bonds is 5. The van der Waals surface area contributed by atoms with Crippen LogP contribution in [0.3, 0.4) is 0 Å². The highest BCUT2D eigenvalue weighted by atomic mass is 16.3. The van der Waals surface area contributed by atoms with Crippen molar-refractivity contribution < 1.29 is 9.90 Å². The molecule has 2 heterocycles. The van der Waals surface area contributed by atoms with Gasteiger partial charge >= 0.3 is 0 Å². The molecule has 0 saturated carbocycles. The summed E-state index contributed by atoms with van der Waals surface area (Å²) in [6.07, 6.45) is 0.823. The Kier molecular flexibility index (Phi) is 6.16. The van der Waals surface area contributed by atoms with Gasteiger partial charge < -0.3 is 19.8 Å². The zero-order valence-corrected chi connectivity index (χ0v) is 16.3. The fraction of sp³-hybridized carbons (Fsp3) is 0.650. The molecule has 0 aliphatic carbocycles. The fourth-order valence-electron chi connectivity index (χ4n) is 3.86. The molecule has 144 valence electrons. The summed E-state index contributed by atoms with van der Waals surface area (Å²) >= 11 is 0. The SMILES string of the molecule is CN1CCN(C2CN(C(=O)CCc3ccc(N(C)C)cc3)CC2O)CC1. The van der Waals surface area contributed by atoms with Crippen LogP contribution in [0.4, 0.5) is 5.69 Å². The number of amides is 1. The third-order valence-corrected chi connectivity index (χ3v) is 5.70. The Balaban J connectivity index is 1.49. The minimum Gasteiger partial charge on any atom is -0.390 e. The molecule has 1 aromatic carbocycles. The lowest BCUT2D eigenvalue weighted by atomic mass is 10.1. The summed E-state index contributed by atoms with van der Waals surface area (Å²) in [7, 11) is 6.17. The van der Waals surface area contributed by atoms with Gasteiger partial charge in [0.2, 0.25) is 5.91 Å². The normalized spacial score (nSPS) is 24.8. The molecule has 0 spiro atoms. The Morgan fingerprint density at radius 1 is 1.12 bits per heavy atom. The Labute approximate surface area is 157 Å². The average Bonchev–Trinajstić information content (AvgIpc) is 3.02. The predicted octanol–water partition coefficient (Wildman–Crippen LogP) is 0.504. The Morgan fingerprint density at radius 3 is 2.38 bits per heavy atom. The van der Waals surface area contributed by atoms with Crippen LogP contribution in [0.1, 0.15) is 12.0 Å². The van der Waals surface area contributed by atoms with Crippen molar-refractivity contribution in [3.8, 4) is 0 Å². The Morgan fingerprint density at radius 2 is 1.77 bits per heavy atom. The zero-order valence-electron chi connectivity index (χ0n) is 16.3. The van der Waals surface area contributed by atoms with Crippen molar-refractivity contribution in [2.24, 2.45) is 0 Å². The van der Waals surface area contributed by atoms with Crippen LogP contribution >= 0.6 is 0 Å². The average molecular weight is 361 g/mol. The molecule has 1 N–H and O–H groups in total. The van der Waals surface area contributed by atoms with E-state index in [-0.39, 0.29) is 11.9 Å². The smallest absolute Gasteiger partial charge is 0.223 e. The summed E-state index contributed by atoms with van der Waals surface area (Å²) < 4.78 is 0. The van der Waals surface area contributed by atoms with Crippen molar-refractivity contribution in [3.05, 3.63) is 29.8 Å². The third-order valence-electron chi connectivity index (χ3n) is 5.70. The van der Waals surface area contributed by atoms with Gasteiger partial charge in [0, 0.05) is 65.5 Å². The van der Waals surface area contributed by atoms with Crippen LogP contribution in [0.2, 0.25) is 0 Å². The zero-order chi connectivity index (χ0) is 18.7. The number of nitrogens with zero attached hydrogens (tertiary/aromatic N) is 4. The van der Waals surface area contributed by atoms with Crippen molar-refractivity contribution in [2.45, 2.75) is 25.0 Å². The van der Waals surface area contributed by atoms with Gasteiger partial charge in [0.25, 0.3) is 0 Å². The first-order valence-corrected chi connectivity index (χ1v) is 9.59. The number of aliphatic hydroxyl groups is 1. The lowest BCUT2D eigenvalue weighted by Gasteiger charge is -2.37. The molecule has 1 aromatic rings. The second kappa shape index (κ2) is 8.37. The lowest BCUT2D eigenvalue weighted by molar-refractivity contribution is -0.130. The highest BCUT2D eigenvalue weighted by Crippen LogP contribution is 2.20. The maximum Gasteiger partial charge on any atom is 0.223 e. The first kappa shape index (κ1) is 19.1. The number of benzene rings is 1. The molecule has 6 heteroatoms. The van der Waals surface area contributed by atoms with Gasteiger partial charge in [-0.25, -0.2) is 0 Å². The van der Waals surface area contributed by atoms with Gasteiger partial charge in [-0.3, -0.25) is 9.69 Å². The summed E-state index contributed by atoms with van der Waals surface area (Å²) in [6.45, 7) is 5.12. The molecule has 2 atom stereocenters. The molecule has 2 fully saturated rings. The van der Waals surface area contributed by atoms with Crippen molar-refractivity contribution in [2.75, 3.05) is 65.3 Å². The molecule has 6 nitrogen and oxygen atoms in total. The van der Waals surface area contributed by atoms with Crippen LogP contribution in [0, 0.1) is 0 Å². The number of β-amino-alcohol motifs (C(OH)–C–C–N with tert-alkyl or cyclic N) is 1. The van der Waals surface area contributed by atoms with E-state index in [0.717, 1.165) is 38.3 Å². The molecule has 2 unspecified atom stereocenters. The summed E-state index contributed by atoms with van der Waals surface area (Å²) in [6, 6.07) is 8.45. The maximum absolute atomic E-state index is 12.6. The number of likely N-dealkylation sites (tertiary alicyclic amines) is 1. The van der Waals surface area contributed by atoms with Gasteiger partial charge in [-0.1, -0.05) is 12.1 Å². The number of aliphatic hydroxyl groups excluding tert-OH is 1. The molecule has 3 rings (SSSR count). The predicted molar refractivity (Wildman–Crippen MR) is 105 cm³/mol. The number of hydrogen-bond donors (Lipinski definition) is 1. The van der Waals surface area contributed by atoms with E-state index in [0.29, 0.717) is 19.5 Å². The number of piperazine rings is 1. The van der Waals surface area contributed by atoms with E-state index < -0.39 is 6.10 Å². The molecule has 1 amide bonds. The molecule has 2 aliphatic rings. The first-order chi connectivity index (χ1) is 12.4. The number of hydrogen-bond acceptors (Lipinski definition) is 5. The van der Waals surface area contributed by atoms with Crippen molar-refractivity contribution in [3.63, 3.8) is 0 Å². The quantitative estimate of drug-likeness (QED) is 0.829. The van der Waals surface area contributed by atoms with Gasteiger partial charge in [0.15, 0.2) is 0 Å². The van der Waals surface area contributed by atoms with E-state index in [1.54, 1.807) is 0 Å². The van der Waals surface area contributed by atoms with E-state index in [1.807, 2.05) is 19.0 Å². The van der Waals surface area contributed by atoms with Crippen LogP contribution in [-0.2, 0) is 11.2 Å². The molecule has 0 radical (unpaired) electrons. The number of aryl methyl sites for hydroxylation is 1. The number of likely N-dealkylation sites (N-methyl/N-ethyl adjacent to an activating group) is 1. The number of carbonyl (C=O) groups is 1. The highest BCUT2D eigenvalue weighted by molar-refractivity contribution is 5.77. The van der Waals surface area contributed by atoms with Crippen LogP contribution in [-0.4, -0.2) is 98.3 Å². The second-order valence-electron chi connectivity index (χ2n) is 7.83. The van der Waals surface area contributed by atoms with E-state index >= 15 is 0 Å². The Bertz CT molecular complexity index is 596. The van der Waals surface area contributed by atoms with E-state index in [9.17, 15) is 9.90 Å². The molecule has 2 saturated heterocycles. The highest BCUT2D eigenvalue weighted by Gasteiger charge is 2.38. The van der Waals surface area contributed by atoms with Crippen LogP contribution < -0.4 is 4.90 Å². The Hall–Kier alpha value is -1.63. The van der Waals surface area contributed by atoms with Gasteiger partial charge in [-0.15, -0.1) is 0 Å². The summed E-state index contributed by atoms with van der Waals surface area (Å²) in [5, 5.41) is 10.4. The maximum atomic E-state index is 12.6. The minimum atomic E-state index is -0.429. The van der Waals surface area contributed by atoms with Gasteiger partial charge in [-0.2, -0.15) is 0 Å². The van der Waals surface area contributed by atoms with Crippen LogP contribution in [0.15, 0.2) is 24.3 Å². The van der Waals surface area contributed by atoms with Gasteiger partial charge in [0.05, 0.1) is 12.1 Å². The van der Waals surface area contributed by atoms with Gasteiger partial charge in [0.1, 0.15) is 0 Å². The monoisotopic (exact) mass is 360 g/mol. The van der Waals surface area contributed by atoms with Crippen molar-refractivity contribution >= 4 is 11.6 Å². The van der Waals surface area contributed by atoms with Crippen molar-refractivity contribution in [1.82, 2.24) is 14.7 Å². The fourth-order valence-corrected chi connectivity index (χ4v) is 3.86.